The molecule has 3 amide bonds. The van der Waals surface area contributed by atoms with E-state index in [1.165, 1.54) is 18.2 Å². The number of nitrogens with zero attached hydrogens (tertiary/aromatic N) is 2. The van der Waals surface area contributed by atoms with Crippen molar-refractivity contribution in [1.82, 2.24) is 10.0 Å². The van der Waals surface area contributed by atoms with E-state index in [1.807, 2.05) is 19.9 Å². The van der Waals surface area contributed by atoms with Crippen LogP contribution < -0.4 is 0 Å². The predicted molar refractivity (Wildman–Crippen MR) is 141 cm³/mol. The molecular weight excluding hydrogens is 623 g/mol. The summed E-state index contributed by atoms with van der Waals surface area (Å²) in [4.78, 5) is 53.8. The fourth-order valence-electron chi connectivity index (χ4n) is 4.47. The van der Waals surface area contributed by atoms with Crippen molar-refractivity contribution in [3.63, 3.8) is 0 Å². The van der Waals surface area contributed by atoms with Crippen LogP contribution in [0.5, 0.6) is 0 Å². The Morgan fingerprint density at radius 2 is 1.46 bits per heavy atom. The van der Waals surface area contributed by atoms with E-state index in [1.54, 1.807) is 12.1 Å². The minimum Gasteiger partial charge on any atom is -0.292 e. The molecule has 0 radical (unpaired) electrons. The molecule has 6 nitrogen and oxygen atoms in total. The summed E-state index contributed by atoms with van der Waals surface area (Å²) in [5.41, 5.74) is 2.44. The second-order valence-electron chi connectivity index (χ2n) is 8.92. The number of carbonyl (C=O) groups is 4. The Hall–Kier alpha value is -1.74. The van der Waals surface area contributed by atoms with Gasteiger partial charge in [-0.25, -0.2) is 5.01 Å². The first-order valence-corrected chi connectivity index (χ1v) is 13.6. The quantitative estimate of drug-likeness (QED) is 0.235. The second-order valence-corrected chi connectivity index (χ2v) is 12.1. The molecular formula is C25H22Br2Cl2N2O4. The third-order valence-corrected chi connectivity index (χ3v) is 10.1. The fraction of sp³-hybridized carbons (Fsp3) is 0.360. The highest BCUT2D eigenvalue weighted by Crippen LogP contribution is 2.43. The molecule has 1 heterocycles. The van der Waals surface area contributed by atoms with Gasteiger partial charge in [-0.1, -0.05) is 67.2 Å². The topological polar surface area (TPSA) is 74.8 Å². The number of hydrogen-bond acceptors (Lipinski definition) is 4. The molecule has 0 spiro atoms. The molecule has 2 fully saturated rings. The van der Waals surface area contributed by atoms with Crippen molar-refractivity contribution in [1.29, 1.82) is 0 Å². The van der Waals surface area contributed by atoms with Gasteiger partial charge < -0.3 is 0 Å². The lowest BCUT2D eigenvalue weighted by atomic mass is 9.81. The van der Waals surface area contributed by atoms with Crippen molar-refractivity contribution >= 4 is 78.6 Å². The van der Waals surface area contributed by atoms with Crippen LogP contribution in [0.2, 0.25) is 10.0 Å². The van der Waals surface area contributed by atoms with Gasteiger partial charge in [-0.15, -0.1) is 0 Å². The Morgan fingerprint density at radius 3 is 2.00 bits per heavy atom. The molecule has 1 aliphatic carbocycles. The average Bonchev–Trinajstić information content (AvgIpc) is 3.04. The van der Waals surface area contributed by atoms with E-state index in [-0.39, 0.29) is 25.3 Å². The molecule has 1 saturated carbocycles. The molecule has 35 heavy (non-hydrogen) atoms. The monoisotopic (exact) mass is 642 g/mol. The van der Waals surface area contributed by atoms with Crippen LogP contribution in [0.25, 0.3) is 0 Å². The molecule has 4 atom stereocenters. The van der Waals surface area contributed by atoms with E-state index in [4.69, 9.17) is 23.2 Å². The van der Waals surface area contributed by atoms with Gasteiger partial charge >= 0.3 is 0 Å². The van der Waals surface area contributed by atoms with Gasteiger partial charge in [-0.2, -0.15) is 5.01 Å². The summed E-state index contributed by atoms with van der Waals surface area (Å²) in [7, 11) is 0. The van der Waals surface area contributed by atoms with E-state index in [0.29, 0.717) is 18.4 Å². The van der Waals surface area contributed by atoms with Gasteiger partial charge in [0.1, 0.15) is 6.54 Å². The van der Waals surface area contributed by atoms with Crippen molar-refractivity contribution < 1.29 is 19.2 Å². The molecule has 10 heteroatoms. The standard InChI is InChI=1S/C25H22Br2Cl2N2O4/c1-12-3-4-14(7-13(12)2)22(32)11-30(23(33)15-5-6-20(28)21(29)8-15)31-24(34)16-9-18(26)19(27)10-17(16)25(31)35/h3-8,16-19H,9-11H2,1-2H3/t16-,17+,18-,19-/m0/s1. The van der Waals surface area contributed by atoms with Crippen molar-refractivity contribution in [2.45, 2.75) is 36.3 Å². The van der Waals surface area contributed by atoms with E-state index < -0.39 is 41.9 Å². The van der Waals surface area contributed by atoms with Crippen LogP contribution in [-0.2, 0) is 9.59 Å². The van der Waals surface area contributed by atoms with Crippen LogP contribution in [0.1, 0.15) is 44.7 Å². The maximum atomic E-state index is 13.6. The number of ketones is 1. The highest BCUT2D eigenvalue weighted by atomic mass is 79.9. The van der Waals surface area contributed by atoms with Gasteiger partial charge in [0.25, 0.3) is 17.7 Å². The maximum absolute atomic E-state index is 13.6. The van der Waals surface area contributed by atoms with Crippen LogP contribution in [0, 0.1) is 25.7 Å². The molecule has 184 valence electrons. The summed E-state index contributed by atoms with van der Waals surface area (Å²) in [5, 5.41) is 2.22. The number of alkyl halides is 2. The zero-order valence-electron chi connectivity index (χ0n) is 18.9. The zero-order chi connectivity index (χ0) is 25.6. The normalized spacial score (nSPS) is 23.9. The number of benzene rings is 2. The van der Waals surface area contributed by atoms with Crippen LogP contribution in [0.15, 0.2) is 36.4 Å². The summed E-state index contributed by atoms with van der Waals surface area (Å²) in [6.45, 7) is 3.34. The van der Waals surface area contributed by atoms with Gasteiger partial charge in [0.2, 0.25) is 0 Å². The Balaban J connectivity index is 1.72. The second kappa shape index (κ2) is 10.3. The number of aryl methyl sites for hydroxylation is 2. The van der Waals surface area contributed by atoms with Gasteiger partial charge in [0.15, 0.2) is 5.78 Å². The van der Waals surface area contributed by atoms with Crippen molar-refractivity contribution in [2.24, 2.45) is 11.8 Å². The number of hydrogen-bond donors (Lipinski definition) is 0. The first-order valence-electron chi connectivity index (χ1n) is 11.0. The lowest BCUT2D eigenvalue weighted by molar-refractivity contribution is -0.154. The molecule has 0 unspecified atom stereocenters. The number of carbonyl (C=O) groups excluding carboxylic acids is 4. The summed E-state index contributed by atoms with van der Waals surface area (Å²) in [6.07, 6.45) is 0.892. The number of hydrazine groups is 1. The highest BCUT2D eigenvalue weighted by Gasteiger charge is 2.54. The van der Waals surface area contributed by atoms with Crippen molar-refractivity contribution in [2.75, 3.05) is 6.54 Å². The summed E-state index contributed by atoms with van der Waals surface area (Å²) < 4.78 is 0. The molecule has 4 rings (SSSR count). The number of fused-ring (bicyclic) bond motifs is 1. The number of Topliss-reactive ketones (excluding diaryl/α,β-unsaturated/α-hetero) is 1. The van der Waals surface area contributed by atoms with Gasteiger partial charge in [0, 0.05) is 20.8 Å². The van der Waals surface area contributed by atoms with E-state index in [2.05, 4.69) is 31.9 Å². The number of rotatable bonds is 5. The smallest absolute Gasteiger partial charge is 0.273 e. The number of amides is 3. The minimum absolute atomic E-state index is 0.0110. The number of imide groups is 1. The van der Waals surface area contributed by atoms with Crippen LogP contribution >= 0.6 is 55.1 Å². The molecule has 0 aromatic heterocycles. The Morgan fingerprint density at radius 1 is 0.886 bits per heavy atom. The molecule has 1 saturated heterocycles. The molecule has 2 aromatic rings. The van der Waals surface area contributed by atoms with E-state index >= 15 is 0 Å². The summed E-state index contributed by atoms with van der Waals surface area (Å²) in [5.74, 6) is -3.18. The van der Waals surface area contributed by atoms with Gasteiger partial charge in [0.05, 0.1) is 21.9 Å². The lowest BCUT2D eigenvalue weighted by Gasteiger charge is -2.30. The van der Waals surface area contributed by atoms with Gasteiger partial charge in [-0.05, 0) is 62.1 Å². The summed E-state index contributed by atoms with van der Waals surface area (Å²) >= 11 is 19.3. The number of halogens is 4. The Bertz CT molecular complexity index is 1210. The third-order valence-electron chi connectivity index (χ3n) is 6.65. The Kier molecular flexibility index (Phi) is 7.77. The molecule has 1 aliphatic heterocycles. The van der Waals surface area contributed by atoms with E-state index in [0.717, 1.165) is 21.1 Å². The first kappa shape index (κ1) is 26.3. The van der Waals surface area contributed by atoms with Crippen molar-refractivity contribution in [3.8, 4) is 0 Å². The fourth-order valence-corrected chi connectivity index (χ4v) is 6.00. The molecule has 2 aromatic carbocycles. The summed E-state index contributed by atoms with van der Waals surface area (Å²) in [6, 6.07) is 9.49. The van der Waals surface area contributed by atoms with Crippen LogP contribution in [0.4, 0.5) is 0 Å². The third kappa shape index (κ3) is 5.08. The molecule has 2 aliphatic rings. The molecule has 0 N–H and O–H groups in total. The predicted octanol–water partition coefficient (Wildman–Crippen LogP) is 5.77. The first-order chi connectivity index (χ1) is 16.5. The largest absolute Gasteiger partial charge is 0.292 e. The lowest BCUT2D eigenvalue weighted by Crippen LogP contribution is -2.52. The SMILES string of the molecule is Cc1ccc(C(=O)CN(C(=O)c2ccc(Cl)c(Cl)c2)N2C(=O)[C@H]3C[C@H](Br)[C@@H](Br)C[C@H]3C2=O)cc1C. The molecule has 0 bridgehead atoms. The van der Waals surface area contributed by atoms with Crippen molar-refractivity contribution in [3.05, 3.63) is 68.7 Å². The zero-order valence-corrected chi connectivity index (χ0v) is 23.6. The van der Waals surface area contributed by atoms with Crippen LogP contribution in [-0.4, -0.2) is 49.7 Å². The maximum Gasteiger partial charge on any atom is 0.273 e. The van der Waals surface area contributed by atoms with Gasteiger partial charge in [-0.3, -0.25) is 19.2 Å². The highest BCUT2D eigenvalue weighted by molar-refractivity contribution is 9.12. The minimum atomic E-state index is -0.688. The Labute approximate surface area is 230 Å². The van der Waals surface area contributed by atoms with Crippen LogP contribution in [0.3, 0.4) is 0 Å². The average molecular weight is 645 g/mol. The van der Waals surface area contributed by atoms with E-state index in [9.17, 15) is 19.2 Å².